The van der Waals surface area contributed by atoms with Gasteiger partial charge in [0.2, 0.25) is 0 Å². The van der Waals surface area contributed by atoms with Crippen LogP contribution >= 0.6 is 0 Å². The van der Waals surface area contributed by atoms with Crippen LogP contribution < -0.4 is 5.32 Å². The molecule has 17 heavy (non-hydrogen) atoms. The first kappa shape index (κ1) is 15.0. The zero-order valence-electron chi connectivity index (χ0n) is 12.2. The molecule has 0 amide bonds. The number of hydrogen-bond donors (Lipinski definition) is 1. The molecule has 0 aromatic rings. The van der Waals surface area contributed by atoms with Crippen molar-refractivity contribution in [2.75, 3.05) is 19.6 Å². The van der Waals surface area contributed by atoms with Crippen molar-refractivity contribution in [3.8, 4) is 0 Å². The molecule has 1 N–H and O–H groups in total. The summed E-state index contributed by atoms with van der Waals surface area (Å²) in [6.07, 6.45) is 9.89. The summed E-state index contributed by atoms with van der Waals surface area (Å²) in [5.74, 6) is 0. The molecular formula is C15H32N2. The van der Waals surface area contributed by atoms with Crippen molar-refractivity contribution in [3.63, 3.8) is 0 Å². The van der Waals surface area contributed by atoms with Gasteiger partial charge in [-0.25, -0.2) is 0 Å². The van der Waals surface area contributed by atoms with Crippen LogP contribution in [0.2, 0.25) is 0 Å². The van der Waals surface area contributed by atoms with Crippen molar-refractivity contribution < 1.29 is 0 Å². The molecule has 0 bridgehead atoms. The Kier molecular flexibility index (Phi) is 7.87. The molecule has 1 unspecified atom stereocenters. The predicted octanol–water partition coefficient (Wildman–Crippen LogP) is 3.42. The molecule has 0 radical (unpaired) electrons. The van der Waals surface area contributed by atoms with Crippen LogP contribution in [0.1, 0.15) is 65.7 Å². The summed E-state index contributed by atoms with van der Waals surface area (Å²) >= 11 is 0. The molecule has 1 saturated carbocycles. The van der Waals surface area contributed by atoms with Gasteiger partial charge in [-0.05, 0) is 52.2 Å². The summed E-state index contributed by atoms with van der Waals surface area (Å²) in [5, 5.41) is 3.42. The Morgan fingerprint density at radius 2 is 1.88 bits per heavy atom. The molecule has 0 aromatic heterocycles. The highest BCUT2D eigenvalue weighted by molar-refractivity contribution is 4.79. The van der Waals surface area contributed by atoms with Gasteiger partial charge in [-0.15, -0.1) is 0 Å². The maximum absolute atomic E-state index is 3.42. The quantitative estimate of drug-likeness (QED) is 0.654. The van der Waals surface area contributed by atoms with Crippen molar-refractivity contribution in [2.24, 2.45) is 0 Å². The molecule has 0 heterocycles. The van der Waals surface area contributed by atoms with Gasteiger partial charge in [0.25, 0.3) is 0 Å². The molecule has 0 saturated heterocycles. The highest BCUT2D eigenvalue weighted by Gasteiger charge is 2.23. The third-order valence-corrected chi connectivity index (χ3v) is 4.20. The predicted molar refractivity (Wildman–Crippen MR) is 76.5 cm³/mol. The van der Waals surface area contributed by atoms with Crippen LogP contribution in [0.3, 0.4) is 0 Å². The highest BCUT2D eigenvalue weighted by Crippen LogP contribution is 2.24. The Morgan fingerprint density at radius 3 is 2.47 bits per heavy atom. The minimum absolute atomic E-state index is 0.766. The minimum Gasteiger partial charge on any atom is -0.317 e. The summed E-state index contributed by atoms with van der Waals surface area (Å²) in [7, 11) is 0. The molecule has 0 aromatic carbocycles. The first-order valence-electron chi connectivity index (χ1n) is 7.76. The largest absolute Gasteiger partial charge is 0.317 e. The van der Waals surface area contributed by atoms with Crippen molar-refractivity contribution >= 4 is 0 Å². The Balaban J connectivity index is 2.26. The van der Waals surface area contributed by atoms with E-state index in [9.17, 15) is 0 Å². The Morgan fingerprint density at radius 1 is 1.18 bits per heavy atom. The Hall–Kier alpha value is -0.0800. The third-order valence-electron chi connectivity index (χ3n) is 4.20. The molecule has 0 spiro atoms. The van der Waals surface area contributed by atoms with Crippen molar-refractivity contribution in [1.29, 1.82) is 0 Å². The number of nitrogens with zero attached hydrogens (tertiary/aromatic N) is 1. The van der Waals surface area contributed by atoms with E-state index in [4.69, 9.17) is 0 Å². The van der Waals surface area contributed by atoms with E-state index in [0.717, 1.165) is 18.6 Å². The summed E-state index contributed by atoms with van der Waals surface area (Å²) in [6.45, 7) is 10.5. The van der Waals surface area contributed by atoms with E-state index in [1.165, 1.54) is 58.0 Å². The fourth-order valence-corrected chi connectivity index (χ4v) is 3.21. The zero-order chi connectivity index (χ0) is 12.5. The van der Waals surface area contributed by atoms with Crippen LogP contribution in [0.15, 0.2) is 0 Å². The van der Waals surface area contributed by atoms with E-state index < -0.39 is 0 Å². The van der Waals surface area contributed by atoms with Gasteiger partial charge in [-0.3, -0.25) is 4.90 Å². The van der Waals surface area contributed by atoms with E-state index in [-0.39, 0.29) is 0 Å². The molecule has 1 aliphatic rings. The average molecular weight is 240 g/mol. The van der Waals surface area contributed by atoms with Gasteiger partial charge in [0, 0.05) is 12.1 Å². The number of rotatable bonds is 8. The number of nitrogens with one attached hydrogen (secondary N) is 1. The van der Waals surface area contributed by atoms with E-state index in [1.54, 1.807) is 0 Å². The number of hydrogen-bond acceptors (Lipinski definition) is 2. The van der Waals surface area contributed by atoms with Gasteiger partial charge in [-0.2, -0.15) is 0 Å². The van der Waals surface area contributed by atoms with E-state index in [1.807, 2.05) is 0 Å². The van der Waals surface area contributed by atoms with Gasteiger partial charge in [0.1, 0.15) is 0 Å². The lowest BCUT2D eigenvalue weighted by atomic mass is 9.92. The van der Waals surface area contributed by atoms with Crippen LogP contribution in [0.25, 0.3) is 0 Å². The second-order valence-corrected chi connectivity index (χ2v) is 5.47. The maximum atomic E-state index is 3.42. The van der Waals surface area contributed by atoms with Gasteiger partial charge in [0.15, 0.2) is 0 Å². The van der Waals surface area contributed by atoms with Gasteiger partial charge < -0.3 is 5.32 Å². The molecule has 1 fully saturated rings. The molecule has 102 valence electrons. The fourth-order valence-electron chi connectivity index (χ4n) is 3.21. The molecule has 2 nitrogen and oxygen atoms in total. The lowest BCUT2D eigenvalue weighted by Crippen LogP contribution is -2.42. The smallest absolute Gasteiger partial charge is 0.00979 e. The van der Waals surface area contributed by atoms with E-state index in [2.05, 4.69) is 31.0 Å². The normalized spacial score (nSPS) is 19.8. The molecular weight excluding hydrogens is 208 g/mol. The SMILES string of the molecule is CCNCCCC(C)N(CC)C1CCCCC1. The van der Waals surface area contributed by atoms with E-state index in [0.29, 0.717) is 0 Å². The Labute approximate surface area is 108 Å². The van der Waals surface area contributed by atoms with Gasteiger partial charge in [0.05, 0.1) is 0 Å². The van der Waals surface area contributed by atoms with Crippen LogP contribution in [-0.4, -0.2) is 36.6 Å². The average Bonchev–Trinajstić information content (AvgIpc) is 2.37. The van der Waals surface area contributed by atoms with Gasteiger partial charge >= 0.3 is 0 Å². The highest BCUT2D eigenvalue weighted by atomic mass is 15.2. The topological polar surface area (TPSA) is 15.3 Å². The summed E-state index contributed by atoms with van der Waals surface area (Å²) < 4.78 is 0. The molecule has 1 aliphatic carbocycles. The molecule has 1 rings (SSSR count). The lowest BCUT2D eigenvalue weighted by Gasteiger charge is -2.38. The maximum Gasteiger partial charge on any atom is 0.00979 e. The minimum atomic E-state index is 0.766. The first-order valence-corrected chi connectivity index (χ1v) is 7.76. The van der Waals surface area contributed by atoms with Crippen molar-refractivity contribution in [3.05, 3.63) is 0 Å². The van der Waals surface area contributed by atoms with Crippen LogP contribution in [-0.2, 0) is 0 Å². The van der Waals surface area contributed by atoms with Crippen LogP contribution in [0, 0.1) is 0 Å². The molecule has 0 aliphatic heterocycles. The second-order valence-electron chi connectivity index (χ2n) is 5.47. The molecule has 1 atom stereocenters. The summed E-state index contributed by atoms with van der Waals surface area (Å²) in [6, 6.07) is 1.64. The molecule has 2 heteroatoms. The van der Waals surface area contributed by atoms with E-state index >= 15 is 0 Å². The third kappa shape index (κ3) is 5.39. The second kappa shape index (κ2) is 8.93. The Bertz CT molecular complexity index is 176. The standard InChI is InChI=1S/C15H32N2/c1-4-16-13-9-10-14(3)17(5-2)15-11-7-6-8-12-15/h14-16H,4-13H2,1-3H3. The van der Waals surface area contributed by atoms with Crippen molar-refractivity contribution in [2.45, 2.75) is 77.8 Å². The van der Waals surface area contributed by atoms with Crippen LogP contribution in [0.4, 0.5) is 0 Å². The van der Waals surface area contributed by atoms with Gasteiger partial charge in [-0.1, -0.05) is 33.1 Å². The summed E-state index contributed by atoms with van der Waals surface area (Å²) in [4.78, 5) is 2.76. The first-order chi connectivity index (χ1) is 8.29. The summed E-state index contributed by atoms with van der Waals surface area (Å²) in [5.41, 5.74) is 0. The monoisotopic (exact) mass is 240 g/mol. The van der Waals surface area contributed by atoms with Crippen molar-refractivity contribution in [1.82, 2.24) is 10.2 Å². The fraction of sp³-hybridized carbons (Fsp3) is 1.00. The van der Waals surface area contributed by atoms with Crippen LogP contribution in [0.5, 0.6) is 0 Å². The zero-order valence-corrected chi connectivity index (χ0v) is 12.2. The lowest BCUT2D eigenvalue weighted by molar-refractivity contribution is 0.113.